The first-order valence-corrected chi connectivity index (χ1v) is 7.32. The molecule has 0 aliphatic carbocycles. The lowest BCUT2D eigenvalue weighted by Crippen LogP contribution is -1.97. The molecule has 0 spiro atoms. The van der Waals surface area contributed by atoms with Crippen molar-refractivity contribution in [3.8, 4) is 0 Å². The van der Waals surface area contributed by atoms with E-state index in [4.69, 9.17) is 5.11 Å². The quantitative estimate of drug-likeness (QED) is 0.536. The lowest BCUT2D eigenvalue weighted by Gasteiger charge is -2.12. The normalized spacial score (nSPS) is 14.4. The van der Waals surface area contributed by atoms with Gasteiger partial charge in [0.15, 0.2) is 0 Å². The SMILES string of the molecule is C/C(=C\CCO)CCCC(C)CCCC(C)C. The molecule has 0 bridgehead atoms. The topological polar surface area (TPSA) is 20.2 Å². The Morgan fingerprint density at radius 1 is 1.06 bits per heavy atom. The summed E-state index contributed by atoms with van der Waals surface area (Å²) in [6.45, 7) is 9.45. The number of allylic oxidation sites excluding steroid dienone is 1. The van der Waals surface area contributed by atoms with E-state index in [2.05, 4.69) is 33.8 Å². The Bertz CT molecular complexity index is 194. The van der Waals surface area contributed by atoms with Crippen LogP contribution >= 0.6 is 0 Å². The first-order valence-electron chi connectivity index (χ1n) is 7.32. The molecule has 0 aromatic rings. The van der Waals surface area contributed by atoms with Crippen LogP contribution in [0.2, 0.25) is 0 Å². The van der Waals surface area contributed by atoms with Crippen molar-refractivity contribution in [3.63, 3.8) is 0 Å². The van der Waals surface area contributed by atoms with Gasteiger partial charge in [-0.05, 0) is 38.0 Å². The van der Waals surface area contributed by atoms with Crippen molar-refractivity contribution in [3.05, 3.63) is 11.6 Å². The van der Waals surface area contributed by atoms with Crippen molar-refractivity contribution in [1.29, 1.82) is 0 Å². The van der Waals surface area contributed by atoms with E-state index in [1.54, 1.807) is 0 Å². The number of rotatable bonds is 10. The molecule has 0 aromatic heterocycles. The summed E-state index contributed by atoms with van der Waals surface area (Å²) in [7, 11) is 0. The number of aliphatic hydroxyl groups excluding tert-OH is 1. The average Bonchev–Trinajstić information content (AvgIpc) is 2.25. The summed E-state index contributed by atoms with van der Waals surface area (Å²) in [4.78, 5) is 0. The second kappa shape index (κ2) is 10.8. The molecule has 1 N–H and O–H groups in total. The lowest BCUT2D eigenvalue weighted by atomic mass is 9.94. The highest BCUT2D eigenvalue weighted by Crippen LogP contribution is 2.19. The summed E-state index contributed by atoms with van der Waals surface area (Å²) in [6, 6.07) is 0. The van der Waals surface area contributed by atoms with Gasteiger partial charge in [-0.1, -0.05) is 58.1 Å². The maximum atomic E-state index is 8.73. The van der Waals surface area contributed by atoms with Crippen molar-refractivity contribution < 1.29 is 5.11 Å². The Labute approximate surface area is 108 Å². The van der Waals surface area contributed by atoms with Crippen LogP contribution in [0.15, 0.2) is 11.6 Å². The van der Waals surface area contributed by atoms with Crippen molar-refractivity contribution in [2.24, 2.45) is 11.8 Å². The fourth-order valence-electron chi connectivity index (χ4n) is 2.16. The van der Waals surface area contributed by atoms with E-state index in [-0.39, 0.29) is 6.61 Å². The zero-order valence-electron chi connectivity index (χ0n) is 12.3. The fraction of sp³-hybridized carbons (Fsp3) is 0.875. The van der Waals surface area contributed by atoms with Crippen LogP contribution in [-0.2, 0) is 0 Å². The summed E-state index contributed by atoms with van der Waals surface area (Å²) >= 11 is 0. The fourth-order valence-corrected chi connectivity index (χ4v) is 2.16. The molecule has 1 unspecified atom stereocenters. The molecule has 0 radical (unpaired) electrons. The molecule has 0 heterocycles. The molecular formula is C16H32O. The highest BCUT2D eigenvalue weighted by molar-refractivity contribution is 4.97. The zero-order chi connectivity index (χ0) is 13.1. The minimum Gasteiger partial charge on any atom is -0.396 e. The minimum absolute atomic E-state index is 0.281. The Morgan fingerprint density at radius 3 is 2.29 bits per heavy atom. The molecular weight excluding hydrogens is 208 g/mol. The second-order valence-corrected chi connectivity index (χ2v) is 5.88. The van der Waals surface area contributed by atoms with E-state index in [1.165, 1.54) is 44.1 Å². The van der Waals surface area contributed by atoms with Gasteiger partial charge in [-0.2, -0.15) is 0 Å². The summed E-state index contributed by atoms with van der Waals surface area (Å²) < 4.78 is 0. The maximum Gasteiger partial charge on any atom is 0.0465 e. The standard InChI is InChI=1S/C16H32O/c1-14(2)8-5-9-15(3)10-6-11-16(4)12-7-13-17/h12,14-15,17H,5-11,13H2,1-4H3/b16-12+. The van der Waals surface area contributed by atoms with E-state index in [1.807, 2.05) is 0 Å². The van der Waals surface area contributed by atoms with Crippen LogP contribution in [0.4, 0.5) is 0 Å². The van der Waals surface area contributed by atoms with Crippen LogP contribution in [0.3, 0.4) is 0 Å². The molecule has 0 aromatic carbocycles. The van der Waals surface area contributed by atoms with Crippen molar-refractivity contribution in [2.45, 2.75) is 72.6 Å². The summed E-state index contributed by atoms with van der Waals surface area (Å²) in [6.07, 6.45) is 11.0. The Hall–Kier alpha value is -0.300. The zero-order valence-corrected chi connectivity index (χ0v) is 12.3. The third kappa shape index (κ3) is 12.0. The van der Waals surface area contributed by atoms with Crippen molar-refractivity contribution in [2.75, 3.05) is 6.61 Å². The number of hydrogen-bond donors (Lipinski definition) is 1. The minimum atomic E-state index is 0.281. The van der Waals surface area contributed by atoms with E-state index >= 15 is 0 Å². The smallest absolute Gasteiger partial charge is 0.0465 e. The Morgan fingerprint density at radius 2 is 1.71 bits per heavy atom. The molecule has 0 aliphatic rings. The summed E-state index contributed by atoms with van der Waals surface area (Å²) in [5.41, 5.74) is 1.44. The first-order chi connectivity index (χ1) is 8.06. The predicted molar refractivity (Wildman–Crippen MR) is 77.2 cm³/mol. The molecule has 102 valence electrons. The van der Waals surface area contributed by atoms with Crippen molar-refractivity contribution >= 4 is 0 Å². The molecule has 17 heavy (non-hydrogen) atoms. The molecule has 1 atom stereocenters. The van der Waals surface area contributed by atoms with Gasteiger partial charge in [0.1, 0.15) is 0 Å². The molecule has 0 saturated carbocycles. The largest absolute Gasteiger partial charge is 0.396 e. The second-order valence-electron chi connectivity index (χ2n) is 5.88. The molecule has 0 fully saturated rings. The molecule has 1 nitrogen and oxygen atoms in total. The van der Waals surface area contributed by atoms with Crippen LogP contribution in [0.25, 0.3) is 0 Å². The van der Waals surface area contributed by atoms with Gasteiger partial charge in [0, 0.05) is 6.61 Å². The van der Waals surface area contributed by atoms with Crippen LogP contribution in [0, 0.1) is 11.8 Å². The van der Waals surface area contributed by atoms with E-state index in [0.717, 1.165) is 18.3 Å². The highest BCUT2D eigenvalue weighted by Gasteiger charge is 2.03. The predicted octanol–water partition coefficient (Wildman–Crippen LogP) is 4.95. The molecule has 0 amide bonds. The van der Waals surface area contributed by atoms with Crippen LogP contribution in [-0.4, -0.2) is 11.7 Å². The maximum absolute atomic E-state index is 8.73. The Kier molecular flexibility index (Phi) is 10.6. The van der Waals surface area contributed by atoms with E-state index < -0.39 is 0 Å². The lowest BCUT2D eigenvalue weighted by molar-refractivity contribution is 0.302. The van der Waals surface area contributed by atoms with Gasteiger partial charge in [0.2, 0.25) is 0 Å². The highest BCUT2D eigenvalue weighted by atomic mass is 16.2. The summed E-state index contributed by atoms with van der Waals surface area (Å²) in [5, 5.41) is 8.73. The van der Waals surface area contributed by atoms with Gasteiger partial charge in [0.05, 0.1) is 0 Å². The first kappa shape index (κ1) is 16.7. The third-order valence-corrected chi connectivity index (χ3v) is 3.37. The molecule has 0 saturated heterocycles. The molecule has 1 heteroatoms. The van der Waals surface area contributed by atoms with Gasteiger partial charge >= 0.3 is 0 Å². The van der Waals surface area contributed by atoms with Gasteiger partial charge in [-0.3, -0.25) is 0 Å². The van der Waals surface area contributed by atoms with Crippen molar-refractivity contribution in [1.82, 2.24) is 0 Å². The van der Waals surface area contributed by atoms with Gasteiger partial charge in [-0.25, -0.2) is 0 Å². The van der Waals surface area contributed by atoms with Gasteiger partial charge < -0.3 is 5.11 Å². The summed E-state index contributed by atoms with van der Waals surface area (Å²) in [5.74, 6) is 1.73. The number of hydrogen-bond acceptors (Lipinski definition) is 1. The third-order valence-electron chi connectivity index (χ3n) is 3.37. The number of aliphatic hydroxyl groups is 1. The Balaban J connectivity index is 3.47. The monoisotopic (exact) mass is 240 g/mol. The van der Waals surface area contributed by atoms with E-state index in [9.17, 15) is 0 Å². The van der Waals surface area contributed by atoms with Gasteiger partial charge in [-0.15, -0.1) is 0 Å². The van der Waals surface area contributed by atoms with Crippen LogP contribution in [0.5, 0.6) is 0 Å². The van der Waals surface area contributed by atoms with E-state index in [0.29, 0.717) is 0 Å². The average molecular weight is 240 g/mol. The van der Waals surface area contributed by atoms with Crippen LogP contribution in [0.1, 0.15) is 72.6 Å². The van der Waals surface area contributed by atoms with Crippen LogP contribution < -0.4 is 0 Å². The molecule has 0 aliphatic heterocycles. The molecule has 0 rings (SSSR count). The van der Waals surface area contributed by atoms with Gasteiger partial charge in [0.25, 0.3) is 0 Å².